The van der Waals surface area contributed by atoms with Crippen molar-refractivity contribution in [3.05, 3.63) is 36.7 Å². The molecule has 94 valence electrons. The van der Waals surface area contributed by atoms with Crippen molar-refractivity contribution >= 4 is 5.69 Å². The molecule has 0 saturated heterocycles. The van der Waals surface area contributed by atoms with Gasteiger partial charge in [-0.15, -0.1) is 6.58 Å². The van der Waals surface area contributed by atoms with Crippen molar-refractivity contribution in [1.29, 1.82) is 0 Å². The van der Waals surface area contributed by atoms with Crippen LogP contribution in [0.1, 0.15) is 39.0 Å². The molecule has 0 bridgehead atoms. The summed E-state index contributed by atoms with van der Waals surface area (Å²) in [6, 6.07) is 4.30. The Labute approximate surface area is 104 Å². The maximum Gasteiger partial charge on any atom is 0.0957 e. The summed E-state index contributed by atoms with van der Waals surface area (Å²) in [5.41, 5.74) is 1.80. The summed E-state index contributed by atoms with van der Waals surface area (Å²) >= 11 is 0. The van der Waals surface area contributed by atoms with Gasteiger partial charge < -0.3 is 10.0 Å². The van der Waals surface area contributed by atoms with Crippen LogP contribution in [0.5, 0.6) is 0 Å². The summed E-state index contributed by atoms with van der Waals surface area (Å²) in [6.07, 6.45) is 3.93. The monoisotopic (exact) mass is 234 g/mol. The average molecular weight is 234 g/mol. The Balaban J connectivity index is 2.87. The van der Waals surface area contributed by atoms with E-state index >= 15 is 0 Å². The highest BCUT2D eigenvalue weighted by atomic mass is 16.3. The van der Waals surface area contributed by atoms with Crippen molar-refractivity contribution in [1.82, 2.24) is 4.98 Å². The first-order chi connectivity index (χ1) is 8.10. The van der Waals surface area contributed by atoms with Crippen LogP contribution in [0.25, 0.3) is 0 Å². The van der Waals surface area contributed by atoms with Gasteiger partial charge >= 0.3 is 0 Å². The van der Waals surface area contributed by atoms with Crippen LogP contribution >= 0.6 is 0 Å². The molecule has 1 rings (SSSR count). The van der Waals surface area contributed by atoms with Gasteiger partial charge in [0, 0.05) is 12.6 Å². The Kier molecular flexibility index (Phi) is 5.16. The molecule has 1 unspecified atom stereocenters. The molecule has 3 nitrogen and oxygen atoms in total. The summed E-state index contributed by atoms with van der Waals surface area (Å²) in [7, 11) is 0. The van der Waals surface area contributed by atoms with E-state index < -0.39 is 6.10 Å². The predicted molar refractivity (Wildman–Crippen MR) is 72.2 cm³/mol. The number of aliphatic hydroxyl groups excluding tert-OH is 1. The smallest absolute Gasteiger partial charge is 0.0957 e. The van der Waals surface area contributed by atoms with Crippen LogP contribution in [-0.4, -0.2) is 22.7 Å². The third-order valence-electron chi connectivity index (χ3n) is 2.78. The maximum atomic E-state index is 9.68. The van der Waals surface area contributed by atoms with Gasteiger partial charge in [0.1, 0.15) is 0 Å². The number of pyridine rings is 1. The number of nitrogens with zero attached hydrogens (tertiary/aromatic N) is 2. The van der Waals surface area contributed by atoms with E-state index in [4.69, 9.17) is 0 Å². The Bertz CT molecular complexity index is 346. The van der Waals surface area contributed by atoms with Gasteiger partial charge in [0.25, 0.3) is 0 Å². The van der Waals surface area contributed by atoms with Gasteiger partial charge in [0.2, 0.25) is 0 Å². The van der Waals surface area contributed by atoms with E-state index in [1.165, 1.54) is 0 Å². The molecule has 0 saturated carbocycles. The summed E-state index contributed by atoms with van der Waals surface area (Å²) < 4.78 is 0. The van der Waals surface area contributed by atoms with Gasteiger partial charge in [-0.05, 0) is 32.4 Å². The third-order valence-corrected chi connectivity index (χ3v) is 2.78. The molecule has 0 spiro atoms. The normalized spacial score (nSPS) is 12.5. The van der Waals surface area contributed by atoms with E-state index in [2.05, 4.69) is 30.3 Å². The zero-order valence-corrected chi connectivity index (χ0v) is 10.9. The highest BCUT2D eigenvalue weighted by Crippen LogP contribution is 2.19. The lowest BCUT2D eigenvalue weighted by Crippen LogP contribution is -2.30. The van der Waals surface area contributed by atoms with Crippen molar-refractivity contribution in [3.8, 4) is 0 Å². The lowest BCUT2D eigenvalue weighted by molar-refractivity contribution is 0.169. The van der Waals surface area contributed by atoms with E-state index in [9.17, 15) is 5.11 Å². The minimum absolute atomic E-state index is 0.400. The van der Waals surface area contributed by atoms with Crippen molar-refractivity contribution in [3.63, 3.8) is 0 Å². The largest absolute Gasteiger partial charge is 0.387 e. The Morgan fingerprint density at radius 3 is 2.59 bits per heavy atom. The molecule has 0 aliphatic heterocycles. The van der Waals surface area contributed by atoms with E-state index in [0.717, 1.165) is 17.9 Å². The molecule has 1 N–H and O–H groups in total. The molecule has 0 aliphatic carbocycles. The van der Waals surface area contributed by atoms with Crippen LogP contribution < -0.4 is 4.90 Å². The zero-order valence-electron chi connectivity index (χ0n) is 10.9. The quantitative estimate of drug-likeness (QED) is 0.769. The fraction of sp³-hybridized carbons (Fsp3) is 0.500. The number of rotatable bonds is 6. The van der Waals surface area contributed by atoms with Gasteiger partial charge in [-0.2, -0.15) is 0 Å². The number of aliphatic hydroxyl groups is 1. The number of hydrogen-bond acceptors (Lipinski definition) is 3. The standard InChI is InChI=1S/C14H22N2O/c1-5-9-16(11(3)4)12-7-8-13(15-10-12)14(17)6-2/h5,7-8,10-11,14,17H,1,6,9H2,2-4H3. The topological polar surface area (TPSA) is 36.4 Å². The van der Waals surface area contributed by atoms with Crippen LogP contribution in [0.2, 0.25) is 0 Å². The Morgan fingerprint density at radius 1 is 1.47 bits per heavy atom. The summed E-state index contributed by atoms with van der Waals surface area (Å²) in [5.74, 6) is 0. The number of anilines is 1. The van der Waals surface area contributed by atoms with E-state index in [1.54, 1.807) is 0 Å². The van der Waals surface area contributed by atoms with Crippen molar-refractivity contribution in [2.75, 3.05) is 11.4 Å². The van der Waals surface area contributed by atoms with Crippen LogP contribution in [0.4, 0.5) is 5.69 Å². The Morgan fingerprint density at radius 2 is 2.18 bits per heavy atom. The molecule has 0 aliphatic rings. The molecule has 0 amide bonds. The second-order valence-electron chi connectivity index (χ2n) is 4.40. The highest BCUT2D eigenvalue weighted by Gasteiger charge is 2.11. The fourth-order valence-corrected chi connectivity index (χ4v) is 1.73. The third kappa shape index (κ3) is 3.56. The molecule has 1 heterocycles. The molecule has 3 heteroatoms. The fourth-order valence-electron chi connectivity index (χ4n) is 1.73. The van der Waals surface area contributed by atoms with Gasteiger partial charge in [-0.25, -0.2) is 0 Å². The van der Waals surface area contributed by atoms with Gasteiger partial charge in [0.05, 0.1) is 23.7 Å². The van der Waals surface area contributed by atoms with Crippen LogP contribution in [0.15, 0.2) is 31.0 Å². The van der Waals surface area contributed by atoms with Crippen LogP contribution in [0, 0.1) is 0 Å². The minimum Gasteiger partial charge on any atom is -0.387 e. The Hall–Kier alpha value is -1.35. The lowest BCUT2D eigenvalue weighted by atomic mass is 10.1. The number of hydrogen-bond donors (Lipinski definition) is 1. The average Bonchev–Trinajstić information content (AvgIpc) is 2.35. The maximum absolute atomic E-state index is 9.68. The van der Waals surface area contributed by atoms with Crippen LogP contribution in [-0.2, 0) is 0 Å². The first-order valence-corrected chi connectivity index (χ1v) is 6.11. The zero-order chi connectivity index (χ0) is 12.8. The lowest BCUT2D eigenvalue weighted by Gasteiger charge is -2.27. The van der Waals surface area contributed by atoms with Crippen molar-refractivity contribution in [2.45, 2.75) is 39.3 Å². The minimum atomic E-state index is -0.462. The predicted octanol–water partition coefficient (Wildman–Crippen LogP) is 2.93. The number of aromatic nitrogens is 1. The molecule has 1 aromatic rings. The summed E-state index contributed by atoms with van der Waals surface area (Å²) in [5, 5.41) is 9.68. The summed E-state index contributed by atoms with van der Waals surface area (Å²) in [6.45, 7) is 10.8. The molecule has 1 atom stereocenters. The van der Waals surface area contributed by atoms with E-state index in [-0.39, 0.29) is 0 Å². The second-order valence-corrected chi connectivity index (χ2v) is 4.40. The highest BCUT2D eigenvalue weighted by molar-refractivity contribution is 5.46. The summed E-state index contributed by atoms with van der Waals surface area (Å²) in [4.78, 5) is 6.52. The molecule has 1 aromatic heterocycles. The van der Waals surface area contributed by atoms with E-state index in [0.29, 0.717) is 12.5 Å². The second kappa shape index (κ2) is 6.40. The first kappa shape index (κ1) is 13.7. The molecular formula is C14H22N2O. The first-order valence-electron chi connectivity index (χ1n) is 6.11. The molecular weight excluding hydrogens is 212 g/mol. The molecule has 0 aromatic carbocycles. The van der Waals surface area contributed by atoms with Crippen molar-refractivity contribution < 1.29 is 5.11 Å². The molecule has 0 fully saturated rings. The van der Waals surface area contributed by atoms with Gasteiger partial charge in [0.15, 0.2) is 0 Å². The van der Waals surface area contributed by atoms with Gasteiger partial charge in [-0.1, -0.05) is 13.0 Å². The SMILES string of the molecule is C=CCN(c1ccc(C(O)CC)nc1)C(C)C. The van der Waals surface area contributed by atoms with E-state index in [1.807, 2.05) is 31.3 Å². The molecule has 17 heavy (non-hydrogen) atoms. The van der Waals surface area contributed by atoms with Gasteiger partial charge in [-0.3, -0.25) is 4.98 Å². The van der Waals surface area contributed by atoms with Crippen molar-refractivity contribution in [2.24, 2.45) is 0 Å². The molecule has 0 radical (unpaired) electrons. The van der Waals surface area contributed by atoms with Crippen LogP contribution in [0.3, 0.4) is 0 Å².